The third kappa shape index (κ3) is 2.92. The number of benzene rings is 1. The monoisotopic (exact) mass is 230 g/mol. The van der Waals surface area contributed by atoms with Crippen molar-refractivity contribution in [2.24, 2.45) is 5.92 Å². The van der Waals surface area contributed by atoms with E-state index in [-0.39, 0.29) is 18.3 Å². The minimum absolute atomic E-state index is 0.0379. The molecule has 0 radical (unpaired) electrons. The number of halogens is 2. The van der Waals surface area contributed by atoms with E-state index in [0.717, 1.165) is 6.07 Å². The largest absolute Gasteiger partial charge is 0.487 e. The molecule has 0 bridgehead atoms. The Morgan fingerprint density at radius 2 is 2.00 bits per heavy atom. The standard InChI is InChI=1S/C12H16F2O2/c1-8(2)12(3,15)7-16-10-6-4-5-9(13)11(10)14/h4-6,8,15H,7H2,1-3H3. The topological polar surface area (TPSA) is 29.5 Å². The van der Waals surface area contributed by atoms with Crippen LogP contribution in [-0.2, 0) is 0 Å². The van der Waals surface area contributed by atoms with Crippen LogP contribution in [0.3, 0.4) is 0 Å². The van der Waals surface area contributed by atoms with Crippen molar-refractivity contribution in [3.05, 3.63) is 29.8 Å². The number of hydrogen-bond acceptors (Lipinski definition) is 2. The van der Waals surface area contributed by atoms with Crippen molar-refractivity contribution in [2.75, 3.05) is 6.61 Å². The predicted octanol–water partition coefficient (Wildman–Crippen LogP) is 2.75. The molecule has 16 heavy (non-hydrogen) atoms. The van der Waals surface area contributed by atoms with Crippen LogP contribution in [0.4, 0.5) is 8.78 Å². The summed E-state index contributed by atoms with van der Waals surface area (Å²) in [6, 6.07) is 3.70. The van der Waals surface area contributed by atoms with E-state index in [1.807, 2.05) is 13.8 Å². The molecular weight excluding hydrogens is 214 g/mol. The van der Waals surface area contributed by atoms with Gasteiger partial charge >= 0.3 is 0 Å². The summed E-state index contributed by atoms with van der Waals surface area (Å²) in [7, 11) is 0. The lowest BCUT2D eigenvalue weighted by molar-refractivity contribution is -0.0276. The Morgan fingerprint density at radius 1 is 1.38 bits per heavy atom. The van der Waals surface area contributed by atoms with E-state index < -0.39 is 17.2 Å². The van der Waals surface area contributed by atoms with E-state index >= 15 is 0 Å². The summed E-state index contributed by atoms with van der Waals surface area (Å²) in [4.78, 5) is 0. The smallest absolute Gasteiger partial charge is 0.200 e. The number of ether oxygens (including phenoxy) is 1. The fourth-order valence-corrected chi connectivity index (χ4v) is 0.986. The van der Waals surface area contributed by atoms with Crippen LogP contribution in [-0.4, -0.2) is 17.3 Å². The molecule has 4 heteroatoms. The molecule has 1 N–H and O–H groups in total. The molecule has 0 aliphatic heterocycles. The first kappa shape index (κ1) is 12.9. The lowest BCUT2D eigenvalue weighted by Crippen LogP contribution is -2.38. The van der Waals surface area contributed by atoms with Crippen molar-refractivity contribution >= 4 is 0 Å². The summed E-state index contributed by atoms with van der Waals surface area (Å²) in [6.45, 7) is 5.16. The Balaban J connectivity index is 2.72. The van der Waals surface area contributed by atoms with Gasteiger partial charge in [0.1, 0.15) is 6.61 Å². The Kier molecular flexibility index (Phi) is 3.86. The van der Waals surface area contributed by atoms with Gasteiger partial charge in [-0.15, -0.1) is 0 Å². The van der Waals surface area contributed by atoms with E-state index in [1.54, 1.807) is 6.92 Å². The van der Waals surface area contributed by atoms with Crippen LogP contribution < -0.4 is 4.74 Å². The van der Waals surface area contributed by atoms with E-state index in [0.29, 0.717) is 0 Å². The summed E-state index contributed by atoms with van der Waals surface area (Å²) < 4.78 is 31.1. The SMILES string of the molecule is CC(C)C(C)(O)COc1cccc(F)c1F. The molecular formula is C12H16F2O2. The highest BCUT2D eigenvalue weighted by molar-refractivity contribution is 5.25. The van der Waals surface area contributed by atoms with Crippen molar-refractivity contribution < 1.29 is 18.6 Å². The Bertz CT molecular complexity index is 362. The van der Waals surface area contributed by atoms with Crippen molar-refractivity contribution in [3.63, 3.8) is 0 Å². The van der Waals surface area contributed by atoms with E-state index in [1.165, 1.54) is 12.1 Å². The second-order valence-electron chi connectivity index (χ2n) is 4.35. The third-order valence-electron chi connectivity index (χ3n) is 2.68. The van der Waals surface area contributed by atoms with Crippen molar-refractivity contribution in [2.45, 2.75) is 26.4 Å². The predicted molar refractivity (Wildman–Crippen MR) is 57.3 cm³/mol. The molecule has 90 valence electrons. The Labute approximate surface area is 93.9 Å². The van der Waals surface area contributed by atoms with Gasteiger partial charge in [-0.05, 0) is 25.0 Å². The molecule has 0 spiro atoms. The average molecular weight is 230 g/mol. The molecule has 0 aromatic heterocycles. The quantitative estimate of drug-likeness (QED) is 0.861. The van der Waals surface area contributed by atoms with Gasteiger partial charge in [-0.1, -0.05) is 19.9 Å². The first-order valence-corrected chi connectivity index (χ1v) is 5.14. The molecule has 1 unspecified atom stereocenters. The number of aliphatic hydroxyl groups is 1. The van der Waals surface area contributed by atoms with Crippen LogP contribution >= 0.6 is 0 Å². The average Bonchev–Trinajstić information content (AvgIpc) is 2.20. The maximum atomic E-state index is 13.2. The second kappa shape index (κ2) is 4.78. The fourth-order valence-electron chi connectivity index (χ4n) is 0.986. The van der Waals surface area contributed by atoms with E-state index in [9.17, 15) is 13.9 Å². The summed E-state index contributed by atoms with van der Waals surface area (Å²) in [5.41, 5.74) is -1.07. The summed E-state index contributed by atoms with van der Waals surface area (Å²) in [6.07, 6.45) is 0. The molecule has 0 aliphatic rings. The highest BCUT2D eigenvalue weighted by Gasteiger charge is 2.26. The normalized spacial score (nSPS) is 14.9. The molecule has 0 amide bonds. The number of hydrogen-bond donors (Lipinski definition) is 1. The minimum Gasteiger partial charge on any atom is -0.487 e. The van der Waals surface area contributed by atoms with E-state index in [4.69, 9.17) is 4.74 Å². The first-order valence-electron chi connectivity index (χ1n) is 5.14. The van der Waals surface area contributed by atoms with Crippen molar-refractivity contribution in [1.29, 1.82) is 0 Å². The van der Waals surface area contributed by atoms with Gasteiger partial charge < -0.3 is 9.84 Å². The van der Waals surface area contributed by atoms with Crippen LogP contribution in [0.2, 0.25) is 0 Å². The lowest BCUT2D eigenvalue weighted by Gasteiger charge is -2.27. The minimum atomic E-state index is -1.07. The molecule has 0 saturated carbocycles. The first-order chi connectivity index (χ1) is 7.34. The van der Waals surface area contributed by atoms with Crippen LogP contribution in [0.15, 0.2) is 18.2 Å². The van der Waals surface area contributed by atoms with Crippen molar-refractivity contribution in [1.82, 2.24) is 0 Å². The summed E-state index contributed by atoms with van der Waals surface area (Å²) in [5, 5.41) is 9.87. The summed E-state index contributed by atoms with van der Waals surface area (Å²) >= 11 is 0. The van der Waals surface area contributed by atoms with Crippen molar-refractivity contribution in [3.8, 4) is 5.75 Å². The zero-order valence-electron chi connectivity index (χ0n) is 9.63. The Hall–Kier alpha value is -1.16. The molecule has 0 heterocycles. The maximum Gasteiger partial charge on any atom is 0.200 e. The number of rotatable bonds is 4. The van der Waals surface area contributed by atoms with Gasteiger partial charge in [-0.25, -0.2) is 4.39 Å². The molecule has 1 rings (SSSR count). The molecule has 2 nitrogen and oxygen atoms in total. The highest BCUT2D eigenvalue weighted by atomic mass is 19.2. The lowest BCUT2D eigenvalue weighted by atomic mass is 9.94. The molecule has 0 aliphatic carbocycles. The zero-order chi connectivity index (χ0) is 12.3. The van der Waals surface area contributed by atoms with Gasteiger partial charge in [0.2, 0.25) is 5.82 Å². The van der Waals surface area contributed by atoms with Gasteiger partial charge in [-0.2, -0.15) is 4.39 Å². The zero-order valence-corrected chi connectivity index (χ0v) is 9.63. The fraction of sp³-hybridized carbons (Fsp3) is 0.500. The molecule has 1 aromatic rings. The van der Waals surface area contributed by atoms with Gasteiger partial charge in [0.15, 0.2) is 11.6 Å². The Morgan fingerprint density at radius 3 is 2.56 bits per heavy atom. The van der Waals surface area contributed by atoms with Gasteiger partial charge in [0, 0.05) is 0 Å². The second-order valence-corrected chi connectivity index (χ2v) is 4.35. The molecule has 1 aromatic carbocycles. The molecule has 0 fully saturated rings. The van der Waals surface area contributed by atoms with Gasteiger partial charge in [-0.3, -0.25) is 0 Å². The van der Waals surface area contributed by atoms with E-state index in [2.05, 4.69) is 0 Å². The molecule has 1 atom stereocenters. The summed E-state index contributed by atoms with van der Waals surface area (Å²) in [5.74, 6) is -2.20. The third-order valence-corrected chi connectivity index (χ3v) is 2.68. The van der Waals surface area contributed by atoms with Crippen LogP contribution in [0.1, 0.15) is 20.8 Å². The highest BCUT2D eigenvalue weighted by Crippen LogP contribution is 2.22. The van der Waals surface area contributed by atoms with Crippen LogP contribution in [0.25, 0.3) is 0 Å². The molecule has 0 saturated heterocycles. The maximum absolute atomic E-state index is 13.2. The van der Waals surface area contributed by atoms with Crippen LogP contribution in [0.5, 0.6) is 5.75 Å². The van der Waals surface area contributed by atoms with Gasteiger partial charge in [0.25, 0.3) is 0 Å². The van der Waals surface area contributed by atoms with Gasteiger partial charge in [0.05, 0.1) is 5.60 Å². The van der Waals surface area contributed by atoms with Crippen LogP contribution in [0, 0.1) is 17.6 Å².